The van der Waals surface area contributed by atoms with Gasteiger partial charge in [-0.25, -0.2) is 0 Å². The largest absolute Gasteiger partial charge is 0.496 e. The molecule has 1 aromatic rings. The number of nitriles is 1. The van der Waals surface area contributed by atoms with Crippen molar-refractivity contribution in [3.63, 3.8) is 0 Å². The molecule has 0 unspecified atom stereocenters. The number of ether oxygens (including phenoxy) is 2. The van der Waals surface area contributed by atoms with Crippen LogP contribution < -0.4 is 9.47 Å². The maximum Gasteiger partial charge on any atom is 0.133 e. The summed E-state index contributed by atoms with van der Waals surface area (Å²) in [6.45, 7) is 3.73. The zero-order valence-corrected chi connectivity index (χ0v) is 11.6. The van der Waals surface area contributed by atoms with Gasteiger partial charge in [0.2, 0.25) is 0 Å². The van der Waals surface area contributed by atoms with Crippen molar-refractivity contribution >= 4 is 11.8 Å². The Balaban J connectivity index is 3.45. The third-order valence-electron chi connectivity index (χ3n) is 2.66. The summed E-state index contributed by atoms with van der Waals surface area (Å²) in [6, 6.07) is 6.08. The molecule has 0 N–H and O–H groups in total. The van der Waals surface area contributed by atoms with Gasteiger partial charge in [0.05, 0.1) is 30.6 Å². The predicted molar refractivity (Wildman–Crippen MR) is 70.0 cm³/mol. The highest BCUT2D eigenvalue weighted by Gasteiger charge is 2.26. The molecule has 0 aliphatic heterocycles. The lowest BCUT2D eigenvalue weighted by Gasteiger charge is -2.21. The summed E-state index contributed by atoms with van der Waals surface area (Å²) in [4.78, 5) is 1.00. The molecular weight excluding hydrogens is 234 g/mol. The van der Waals surface area contributed by atoms with Crippen molar-refractivity contribution in [1.82, 2.24) is 0 Å². The topological polar surface area (TPSA) is 42.2 Å². The van der Waals surface area contributed by atoms with E-state index in [2.05, 4.69) is 6.07 Å². The zero-order valence-electron chi connectivity index (χ0n) is 10.8. The van der Waals surface area contributed by atoms with Crippen LogP contribution in [0.5, 0.6) is 11.5 Å². The number of methoxy groups -OCH3 is 2. The first-order valence-corrected chi connectivity index (χ1v) is 6.44. The molecule has 1 aromatic carbocycles. The Morgan fingerprint density at radius 2 is 1.76 bits per heavy atom. The van der Waals surface area contributed by atoms with Crippen molar-refractivity contribution in [1.29, 1.82) is 5.26 Å². The molecule has 17 heavy (non-hydrogen) atoms. The van der Waals surface area contributed by atoms with Crippen LogP contribution in [0.2, 0.25) is 0 Å². The lowest BCUT2D eigenvalue weighted by molar-refractivity contribution is 0.385. The van der Waals surface area contributed by atoms with Crippen LogP contribution in [0.1, 0.15) is 19.4 Å². The van der Waals surface area contributed by atoms with Crippen molar-refractivity contribution in [3.05, 3.63) is 17.7 Å². The van der Waals surface area contributed by atoms with E-state index in [-0.39, 0.29) is 0 Å². The summed E-state index contributed by atoms with van der Waals surface area (Å²) in [5.74, 6) is 1.50. The predicted octanol–water partition coefficient (Wildman–Crippen LogP) is 3.23. The molecule has 0 bridgehead atoms. The fourth-order valence-electron chi connectivity index (χ4n) is 1.58. The highest BCUT2D eigenvalue weighted by atomic mass is 32.2. The van der Waals surface area contributed by atoms with Gasteiger partial charge in [0.1, 0.15) is 11.5 Å². The van der Waals surface area contributed by atoms with Gasteiger partial charge in [-0.15, -0.1) is 11.8 Å². The van der Waals surface area contributed by atoms with Crippen molar-refractivity contribution in [2.24, 2.45) is 0 Å². The number of hydrogen-bond acceptors (Lipinski definition) is 4. The summed E-state index contributed by atoms with van der Waals surface area (Å²) in [5, 5.41) is 9.21. The quantitative estimate of drug-likeness (QED) is 0.770. The van der Waals surface area contributed by atoms with Gasteiger partial charge in [0, 0.05) is 5.56 Å². The first-order valence-electron chi connectivity index (χ1n) is 5.22. The van der Waals surface area contributed by atoms with Gasteiger partial charge in [-0.05, 0) is 32.2 Å². The number of thioether (sulfide) groups is 1. The van der Waals surface area contributed by atoms with Crippen molar-refractivity contribution in [2.45, 2.75) is 24.2 Å². The zero-order chi connectivity index (χ0) is 13.1. The van der Waals surface area contributed by atoms with Crippen molar-refractivity contribution in [2.75, 3.05) is 20.5 Å². The van der Waals surface area contributed by atoms with Gasteiger partial charge in [-0.2, -0.15) is 5.26 Å². The summed E-state index contributed by atoms with van der Waals surface area (Å²) in [7, 11) is 3.24. The summed E-state index contributed by atoms with van der Waals surface area (Å²) < 4.78 is 10.7. The maximum absolute atomic E-state index is 9.21. The van der Waals surface area contributed by atoms with E-state index in [1.807, 2.05) is 32.2 Å². The molecule has 4 heteroatoms. The molecule has 0 aliphatic rings. The van der Waals surface area contributed by atoms with Crippen LogP contribution in [0.3, 0.4) is 0 Å². The van der Waals surface area contributed by atoms with E-state index in [1.54, 1.807) is 26.0 Å². The number of benzene rings is 1. The molecule has 0 fully saturated rings. The van der Waals surface area contributed by atoms with E-state index in [4.69, 9.17) is 9.47 Å². The second kappa shape index (κ2) is 5.33. The van der Waals surface area contributed by atoms with Crippen LogP contribution >= 0.6 is 11.8 Å². The average molecular weight is 251 g/mol. The molecule has 0 atom stereocenters. The third kappa shape index (κ3) is 2.67. The van der Waals surface area contributed by atoms with Crippen molar-refractivity contribution in [3.8, 4) is 17.6 Å². The number of nitrogens with zero attached hydrogens (tertiary/aromatic N) is 1. The summed E-state index contributed by atoms with van der Waals surface area (Å²) >= 11 is 1.59. The van der Waals surface area contributed by atoms with Gasteiger partial charge < -0.3 is 9.47 Å². The molecule has 3 nitrogen and oxygen atoms in total. The molecule has 0 amide bonds. The SMILES string of the molecule is COc1cc(C(C)(C)C#N)c(OC)cc1SC. The van der Waals surface area contributed by atoms with Gasteiger partial charge >= 0.3 is 0 Å². The van der Waals surface area contributed by atoms with Crippen LogP contribution in [0.15, 0.2) is 17.0 Å². The molecular formula is C13H17NO2S. The standard InChI is InChI=1S/C13H17NO2S/c1-13(2,8-14)9-6-11(16-4)12(17-5)7-10(9)15-3/h6-7H,1-5H3. The normalized spacial score (nSPS) is 10.8. The molecule has 0 aliphatic carbocycles. The highest BCUT2D eigenvalue weighted by molar-refractivity contribution is 7.98. The van der Waals surface area contributed by atoms with E-state index < -0.39 is 5.41 Å². The Bertz CT molecular complexity index is 449. The highest BCUT2D eigenvalue weighted by Crippen LogP contribution is 2.39. The molecule has 1 rings (SSSR count). The molecule has 0 saturated heterocycles. The third-order valence-corrected chi connectivity index (χ3v) is 3.42. The Hall–Kier alpha value is -1.34. The minimum atomic E-state index is -0.602. The Morgan fingerprint density at radius 3 is 2.18 bits per heavy atom. The van der Waals surface area contributed by atoms with Crippen LogP contribution in [-0.2, 0) is 5.41 Å². The molecule has 0 heterocycles. The fourth-order valence-corrected chi connectivity index (χ4v) is 2.15. The Kier molecular flexibility index (Phi) is 4.30. The Labute approximate surface area is 107 Å². The summed E-state index contributed by atoms with van der Waals surface area (Å²) in [5.41, 5.74) is 0.243. The fraction of sp³-hybridized carbons (Fsp3) is 0.462. The minimum Gasteiger partial charge on any atom is -0.496 e. The van der Waals surface area contributed by atoms with Gasteiger partial charge in [-0.1, -0.05) is 0 Å². The average Bonchev–Trinajstić information content (AvgIpc) is 2.36. The van der Waals surface area contributed by atoms with E-state index >= 15 is 0 Å². The van der Waals surface area contributed by atoms with Crippen LogP contribution in [0, 0.1) is 11.3 Å². The smallest absolute Gasteiger partial charge is 0.133 e. The molecule has 0 spiro atoms. The second-order valence-corrected chi connectivity index (χ2v) is 4.99. The van der Waals surface area contributed by atoms with Gasteiger partial charge in [0.25, 0.3) is 0 Å². The lowest BCUT2D eigenvalue weighted by atomic mass is 9.85. The van der Waals surface area contributed by atoms with E-state index in [0.29, 0.717) is 0 Å². The van der Waals surface area contributed by atoms with Crippen LogP contribution in [0.4, 0.5) is 0 Å². The van der Waals surface area contributed by atoms with E-state index in [9.17, 15) is 5.26 Å². The maximum atomic E-state index is 9.21. The molecule has 92 valence electrons. The first kappa shape index (κ1) is 13.7. The molecule has 0 aromatic heterocycles. The first-order chi connectivity index (χ1) is 8.00. The monoisotopic (exact) mass is 251 g/mol. The van der Waals surface area contributed by atoms with Crippen LogP contribution in [0.25, 0.3) is 0 Å². The van der Waals surface area contributed by atoms with E-state index in [1.165, 1.54) is 0 Å². The Morgan fingerprint density at radius 1 is 1.18 bits per heavy atom. The minimum absolute atomic E-state index is 0.602. The number of rotatable bonds is 4. The van der Waals surface area contributed by atoms with E-state index in [0.717, 1.165) is 22.0 Å². The second-order valence-electron chi connectivity index (χ2n) is 4.14. The summed E-state index contributed by atoms with van der Waals surface area (Å²) in [6.07, 6.45) is 1.98. The molecule has 0 saturated carbocycles. The van der Waals surface area contributed by atoms with Gasteiger partial charge in [0.15, 0.2) is 0 Å². The molecule has 0 radical (unpaired) electrons. The van der Waals surface area contributed by atoms with Crippen LogP contribution in [-0.4, -0.2) is 20.5 Å². The van der Waals surface area contributed by atoms with Crippen molar-refractivity contribution < 1.29 is 9.47 Å². The van der Waals surface area contributed by atoms with Gasteiger partial charge in [-0.3, -0.25) is 0 Å². The number of hydrogen-bond donors (Lipinski definition) is 0. The lowest BCUT2D eigenvalue weighted by Crippen LogP contribution is -2.15.